The van der Waals surface area contributed by atoms with Gasteiger partial charge in [-0.15, -0.1) is 0 Å². The van der Waals surface area contributed by atoms with Gasteiger partial charge in [-0.1, -0.05) is 31.9 Å². The molecule has 1 rings (SSSR count). The number of benzene rings is 1. The van der Waals surface area contributed by atoms with Crippen molar-refractivity contribution >= 4 is 11.6 Å². The van der Waals surface area contributed by atoms with Crippen molar-refractivity contribution in [2.24, 2.45) is 5.92 Å². The van der Waals surface area contributed by atoms with E-state index >= 15 is 0 Å². The van der Waals surface area contributed by atoms with Gasteiger partial charge in [-0.25, -0.2) is 0 Å². The molecule has 0 bridgehead atoms. The van der Waals surface area contributed by atoms with E-state index in [1.807, 2.05) is 18.2 Å². The van der Waals surface area contributed by atoms with E-state index in [1.54, 1.807) is 7.11 Å². The van der Waals surface area contributed by atoms with Crippen LogP contribution in [0.1, 0.15) is 39.2 Å². The van der Waals surface area contributed by atoms with Crippen LogP contribution in [-0.2, 0) is 6.54 Å². The van der Waals surface area contributed by atoms with Crippen LogP contribution in [0.5, 0.6) is 5.75 Å². The third-order valence-electron chi connectivity index (χ3n) is 3.34. The highest BCUT2D eigenvalue weighted by Gasteiger charge is 2.09. The maximum absolute atomic E-state index is 6.01. The lowest BCUT2D eigenvalue weighted by Crippen LogP contribution is -2.27. The number of ether oxygens (including phenoxy) is 1. The fraction of sp³-hybridized carbons (Fsp3) is 0.600. The van der Waals surface area contributed by atoms with Gasteiger partial charge in [-0.05, 0) is 37.5 Å². The van der Waals surface area contributed by atoms with E-state index in [4.69, 9.17) is 16.3 Å². The van der Waals surface area contributed by atoms with Crippen molar-refractivity contribution in [1.82, 2.24) is 5.32 Å². The van der Waals surface area contributed by atoms with Gasteiger partial charge in [0.2, 0.25) is 0 Å². The summed E-state index contributed by atoms with van der Waals surface area (Å²) < 4.78 is 5.34. The zero-order chi connectivity index (χ0) is 13.5. The fourth-order valence-corrected chi connectivity index (χ4v) is 2.22. The van der Waals surface area contributed by atoms with Gasteiger partial charge in [-0.2, -0.15) is 0 Å². The zero-order valence-corrected chi connectivity index (χ0v) is 12.6. The molecule has 0 aliphatic carbocycles. The molecule has 0 radical (unpaired) electrons. The molecule has 0 aliphatic heterocycles. The molecule has 0 heterocycles. The maximum Gasteiger partial charge on any atom is 0.123 e. The van der Waals surface area contributed by atoms with Crippen molar-refractivity contribution in [2.75, 3.05) is 7.11 Å². The normalized spacial score (nSPS) is 14.3. The molecular weight excluding hydrogens is 246 g/mol. The van der Waals surface area contributed by atoms with Crippen LogP contribution in [0.2, 0.25) is 5.02 Å². The fourth-order valence-electron chi connectivity index (χ4n) is 2.02. The molecule has 2 nitrogen and oxygen atoms in total. The highest BCUT2D eigenvalue weighted by molar-refractivity contribution is 6.30. The molecule has 2 unspecified atom stereocenters. The Morgan fingerprint density at radius 3 is 2.67 bits per heavy atom. The topological polar surface area (TPSA) is 21.3 Å². The number of nitrogens with one attached hydrogen (secondary N) is 1. The highest BCUT2D eigenvalue weighted by Crippen LogP contribution is 2.22. The largest absolute Gasteiger partial charge is 0.496 e. The van der Waals surface area contributed by atoms with Gasteiger partial charge in [-0.3, -0.25) is 0 Å². The summed E-state index contributed by atoms with van der Waals surface area (Å²) in [4.78, 5) is 0. The Bertz CT molecular complexity index is 368. The Morgan fingerprint density at radius 2 is 2.06 bits per heavy atom. The minimum absolute atomic E-state index is 0.503. The van der Waals surface area contributed by atoms with Crippen LogP contribution >= 0.6 is 11.6 Å². The molecule has 0 fully saturated rings. The van der Waals surface area contributed by atoms with Crippen LogP contribution in [0.4, 0.5) is 0 Å². The van der Waals surface area contributed by atoms with E-state index in [2.05, 4.69) is 26.1 Å². The minimum atomic E-state index is 0.503. The predicted octanol–water partition coefficient (Wildman–Crippen LogP) is 4.26. The van der Waals surface area contributed by atoms with E-state index in [9.17, 15) is 0 Å². The summed E-state index contributed by atoms with van der Waals surface area (Å²) >= 11 is 6.01. The van der Waals surface area contributed by atoms with Gasteiger partial charge < -0.3 is 10.1 Å². The van der Waals surface area contributed by atoms with Crippen LogP contribution in [0.15, 0.2) is 18.2 Å². The average molecular weight is 270 g/mol. The number of halogens is 1. The molecule has 0 saturated heterocycles. The second kappa shape index (κ2) is 7.65. The van der Waals surface area contributed by atoms with Crippen LogP contribution in [0.25, 0.3) is 0 Å². The molecule has 0 aromatic heterocycles. The first kappa shape index (κ1) is 15.3. The third kappa shape index (κ3) is 4.87. The number of rotatable bonds is 7. The standard InChI is InChI=1S/C15H24ClNO/c1-5-11(2)8-12(3)17-10-13-9-14(16)6-7-15(13)18-4/h6-7,9,11-12,17H,5,8,10H2,1-4H3. The first-order valence-corrected chi connectivity index (χ1v) is 7.00. The molecule has 0 amide bonds. The second-order valence-electron chi connectivity index (χ2n) is 4.99. The van der Waals surface area contributed by atoms with Gasteiger partial charge in [0.15, 0.2) is 0 Å². The Balaban J connectivity index is 2.54. The van der Waals surface area contributed by atoms with E-state index in [0.717, 1.165) is 28.8 Å². The molecule has 18 heavy (non-hydrogen) atoms. The Kier molecular flexibility index (Phi) is 6.51. The Morgan fingerprint density at radius 1 is 1.33 bits per heavy atom. The maximum atomic E-state index is 6.01. The van der Waals surface area contributed by atoms with Crippen molar-refractivity contribution in [2.45, 2.75) is 46.2 Å². The minimum Gasteiger partial charge on any atom is -0.496 e. The highest BCUT2D eigenvalue weighted by atomic mass is 35.5. The van der Waals surface area contributed by atoms with Crippen LogP contribution in [-0.4, -0.2) is 13.2 Å². The van der Waals surface area contributed by atoms with E-state index in [-0.39, 0.29) is 0 Å². The Labute approximate surface area is 116 Å². The van der Waals surface area contributed by atoms with Crippen molar-refractivity contribution < 1.29 is 4.74 Å². The molecule has 3 heteroatoms. The van der Waals surface area contributed by atoms with Crippen LogP contribution < -0.4 is 10.1 Å². The molecule has 102 valence electrons. The first-order valence-electron chi connectivity index (χ1n) is 6.62. The van der Waals surface area contributed by atoms with E-state index < -0.39 is 0 Å². The Hall–Kier alpha value is -0.730. The molecule has 0 aliphatic rings. The van der Waals surface area contributed by atoms with Crippen molar-refractivity contribution in [3.63, 3.8) is 0 Å². The second-order valence-corrected chi connectivity index (χ2v) is 5.42. The number of methoxy groups -OCH3 is 1. The molecule has 2 atom stereocenters. The molecular formula is C15H24ClNO. The summed E-state index contributed by atoms with van der Waals surface area (Å²) in [5.41, 5.74) is 1.11. The predicted molar refractivity (Wildman–Crippen MR) is 78.4 cm³/mol. The van der Waals surface area contributed by atoms with Crippen molar-refractivity contribution in [3.8, 4) is 5.75 Å². The lowest BCUT2D eigenvalue weighted by atomic mass is 10.0. The smallest absolute Gasteiger partial charge is 0.123 e. The van der Waals surface area contributed by atoms with Gasteiger partial charge in [0.05, 0.1) is 7.11 Å². The van der Waals surface area contributed by atoms with Gasteiger partial charge in [0, 0.05) is 23.2 Å². The summed E-state index contributed by atoms with van der Waals surface area (Å²) in [6.07, 6.45) is 2.42. The molecule has 1 N–H and O–H groups in total. The van der Waals surface area contributed by atoms with E-state index in [0.29, 0.717) is 6.04 Å². The molecule has 1 aromatic carbocycles. The van der Waals surface area contributed by atoms with Crippen LogP contribution in [0, 0.1) is 5.92 Å². The third-order valence-corrected chi connectivity index (χ3v) is 3.57. The molecule has 0 saturated carbocycles. The van der Waals surface area contributed by atoms with Gasteiger partial charge in [0.1, 0.15) is 5.75 Å². The lowest BCUT2D eigenvalue weighted by Gasteiger charge is -2.18. The summed E-state index contributed by atoms with van der Waals surface area (Å²) in [5, 5.41) is 4.28. The number of hydrogen-bond acceptors (Lipinski definition) is 2. The van der Waals surface area contributed by atoms with Crippen molar-refractivity contribution in [1.29, 1.82) is 0 Å². The average Bonchev–Trinajstić information content (AvgIpc) is 2.36. The van der Waals surface area contributed by atoms with E-state index in [1.165, 1.54) is 12.8 Å². The lowest BCUT2D eigenvalue weighted by molar-refractivity contribution is 0.393. The monoisotopic (exact) mass is 269 g/mol. The summed E-state index contributed by atoms with van der Waals surface area (Å²) in [6.45, 7) is 7.54. The summed E-state index contributed by atoms with van der Waals surface area (Å²) in [5.74, 6) is 1.65. The molecule has 1 aromatic rings. The quantitative estimate of drug-likeness (QED) is 0.798. The summed E-state index contributed by atoms with van der Waals surface area (Å²) in [7, 11) is 1.69. The zero-order valence-electron chi connectivity index (χ0n) is 11.8. The van der Waals surface area contributed by atoms with Gasteiger partial charge in [0.25, 0.3) is 0 Å². The molecule has 0 spiro atoms. The number of hydrogen-bond donors (Lipinski definition) is 1. The van der Waals surface area contributed by atoms with Gasteiger partial charge >= 0.3 is 0 Å². The SMILES string of the molecule is CCC(C)CC(C)NCc1cc(Cl)ccc1OC. The van der Waals surface area contributed by atoms with Crippen molar-refractivity contribution in [3.05, 3.63) is 28.8 Å². The summed E-state index contributed by atoms with van der Waals surface area (Å²) in [6, 6.07) is 6.23. The van der Waals surface area contributed by atoms with Crippen LogP contribution in [0.3, 0.4) is 0 Å². The first-order chi connectivity index (χ1) is 8.56.